The molecule has 0 unspecified atom stereocenters. The van der Waals surface area contributed by atoms with Crippen LogP contribution in [0.4, 0.5) is 0 Å². The Hall–Kier alpha value is 1.67. The zero-order valence-electron chi connectivity index (χ0n) is 3.76. The van der Waals surface area contributed by atoms with Gasteiger partial charge in [-0.15, -0.1) is 0 Å². The predicted molar refractivity (Wildman–Crippen MR) is 17.4 cm³/mol. The van der Waals surface area contributed by atoms with E-state index >= 15 is 0 Å². The van der Waals surface area contributed by atoms with Gasteiger partial charge in [0.15, 0.2) is 0 Å². The molecule has 0 aliphatic carbocycles. The van der Waals surface area contributed by atoms with Crippen LogP contribution in [0.1, 0.15) is 0 Å². The normalized spacial score (nSPS) is 0. The van der Waals surface area contributed by atoms with Gasteiger partial charge in [0.25, 0.3) is 0 Å². The van der Waals surface area contributed by atoms with Gasteiger partial charge in [-0.2, -0.15) is 0 Å². The minimum atomic E-state index is 0. The van der Waals surface area contributed by atoms with Crippen LogP contribution < -0.4 is 0 Å². The molecule has 49 valence electrons. The first kappa shape index (κ1) is 261. The summed E-state index contributed by atoms with van der Waals surface area (Å²) in [5.74, 6) is 0. The van der Waals surface area contributed by atoms with Crippen LogP contribution in [-0.4, -0.2) is 50.2 Å². The van der Waals surface area contributed by atoms with Crippen molar-refractivity contribution in [2.24, 2.45) is 0 Å². The number of hydrogen-bond acceptors (Lipinski definition) is 6. The van der Waals surface area contributed by atoms with Crippen LogP contribution in [0, 0.1) is 41.7 Å². The van der Waals surface area contributed by atoms with E-state index in [1.54, 1.807) is 0 Å². The fraction of sp³-hybridized carbons (Fsp3) is 0. The topological polar surface area (TPSA) is 180 Å². The minimum Gasteiger partial charge on any atom is -0.870 e. The van der Waals surface area contributed by atoms with Crippen LogP contribution >= 0.6 is 0 Å². The van der Waals surface area contributed by atoms with Gasteiger partial charge in [-0.25, -0.2) is 0 Å². The maximum absolute atomic E-state index is 0. The Morgan fingerprint density at radius 3 is 0.375 bits per heavy atom. The molecular formula is H6AlCeO6. The average molecular weight is 269 g/mol. The maximum Gasteiger partial charge on any atom is 3.00 e. The molecular weight excluding hydrogens is 263 g/mol. The van der Waals surface area contributed by atoms with E-state index in [1.165, 1.54) is 0 Å². The zero-order valence-corrected chi connectivity index (χ0v) is 8.06. The zero-order chi connectivity index (χ0) is 0. The Labute approximate surface area is 91.0 Å². The Balaban J connectivity index is 0. The van der Waals surface area contributed by atoms with E-state index in [-0.39, 0.29) is 92.0 Å². The van der Waals surface area contributed by atoms with Gasteiger partial charge < -0.3 is 32.9 Å². The van der Waals surface area contributed by atoms with Gasteiger partial charge in [-0.3, -0.25) is 0 Å². The first-order chi connectivity index (χ1) is 0. The van der Waals surface area contributed by atoms with Crippen molar-refractivity contribution in [2.75, 3.05) is 0 Å². The van der Waals surface area contributed by atoms with Crippen LogP contribution in [-0.2, 0) is 0 Å². The number of hydrogen-bond donors (Lipinski definition) is 0. The fourth-order valence-electron chi connectivity index (χ4n) is 0. The van der Waals surface area contributed by atoms with E-state index in [4.69, 9.17) is 0 Å². The van der Waals surface area contributed by atoms with Gasteiger partial charge in [0.2, 0.25) is 0 Å². The monoisotopic (exact) mass is 269 g/mol. The average Bonchev–Trinajstić information content (AvgIpc) is 0. The molecule has 0 aromatic heterocycles. The first-order valence-corrected chi connectivity index (χ1v) is 0. The van der Waals surface area contributed by atoms with Crippen molar-refractivity contribution in [3.05, 3.63) is 0 Å². The second-order valence-corrected chi connectivity index (χ2v) is 0. The van der Waals surface area contributed by atoms with E-state index in [0.29, 0.717) is 0 Å². The van der Waals surface area contributed by atoms with Crippen LogP contribution in [0.5, 0.6) is 0 Å². The molecule has 0 aliphatic heterocycles. The third kappa shape index (κ3) is 122. The van der Waals surface area contributed by atoms with Gasteiger partial charge in [0, 0.05) is 0 Å². The molecule has 0 atom stereocenters. The standard InChI is InChI=1S/Al.Ce.6H2O/h;;6*1H2/q2*+3;;;;;;/p-6. The SMILES string of the molecule is [Al+3].[Ce+3].[OH-].[OH-].[OH-].[OH-].[OH-].[OH-]. The summed E-state index contributed by atoms with van der Waals surface area (Å²) in [6, 6.07) is 0. The Kier molecular flexibility index (Phi) is 5970. The van der Waals surface area contributed by atoms with Crippen molar-refractivity contribution in [1.82, 2.24) is 0 Å². The van der Waals surface area contributed by atoms with Crippen LogP contribution in [0.2, 0.25) is 0 Å². The third-order valence-electron chi connectivity index (χ3n) is 0. The second-order valence-electron chi connectivity index (χ2n) is 0. The van der Waals surface area contributed by atoms with E-state index < -0.39 is 0 Å². The fourth-order valence-corrected chi connectivity index (χ4v) is 0. The van der Waals surface area contributed by atoms with Gasteiger partial charge in [0.1, 0.15) is 0 Å². The Morgan fingerprint density at radius 2 is 0.375 bits per heavy atom. The summed E-state index contributed by atoms with van der Waals surface area (Å²) in [6.07, 6.45) is 0. The quantitative estimate of drug-likeness (QED) is 0.485. The molecule has 6 N–H and O–H groups in total. The van der Waals surface area contributed by atoms with Crippen LogP contribution in [0.15, 0.2) is 0 Å². The van der Waals surface area contributed by atoms with Gasteiger partial charge in [0.05, 0.1) is 0 Å². The van der Waals surface area contributed by atoms with E-state index in [2.05, 4.69) is 0 Å². The molecule has 0 aromatic rings. The summed E-state index contributed by atoms with van der Waals surface area (Å²) in [5, 5.41) is 0. The van der Waals surface area contributed by atoms with Gasteiger partial charge in [-0.1, -0.05) is 0 Å². The predicted octanol–water partition coefficient (Wildman–Crippen LogP) is -1.44. The molecule has 0 bridgehead atoms. The third-order valence-corrected chi connectivity index (χ3v) is 0. The van der Waals surface area contributed by atoms with Crippen molar-refractivity contribution in [1.29, 1.82) is 0 Å². The summed E-state index contributed by atoms with van der Waals surface area (Å²) in [6.45, 7) is 0. The summed E-state index contributed by atoms with van der Waals surface area (Å²) < 4.78 is 0. The molecule has 8 heteroatoms. The molecule has 0 spiro atoms. The molecule has 0 saturated heterocycles. The Bertz CT molecular complexity index is 8.49. The molecule has 0 heterocycles. The number of rotatable bonds is 0. The molecule has 0 rings (SSSR count). The molecule has 0 aliphatic rings. The summed E-state index contributed by atoms with van der Waals surface area (Å²) in [7, 11) is 0. The smallest absolute Gasteiger partial charge is 0.870 e. The van der Waals surface area contributed by atoms with Crippen molar-refractivity contribution in [3.8, 4) is 0 Å². The van der Waals surface area contributed by atoms with Crippen LogP contribution in [0.25, 0.3) is 0 Å². The first-order valence-electron chi connectivity index (χ1n) is 0. The summed E-state index contributed by atoms with van der Waals surface area (Å²) in [5.41, 5.74) is 0. The Morgan fingerprint density at radius 1 is 0.375 bits per heavy atom. The molecule has 6 nitrogen and oxygen atoms in total. The van der Waals surface area contributed by atoms with Gasteiger partial charge in [-0.05, 0) is 0 Å². The van der Waals surface area contributed by atoms with E-state index in [1.807, 2.05) is 0 Å². The van der Waals surface area contributed by atoms with Crippen molar-refractivity contribution in [3.63, 3.8) is 0 Å². The van der Waals surface area contributed by atoms with Crippen molar-refractivity contribution in [2.45, 2.75) is 0 Å². The van der Waals surface area contributed by atoms with Crippen molar-refractivity contribution >= 4 is 17.4 Å². The van der Waals surface area contributed by atoms with E-state index in [0.717, 1.165) is 0 Å². The molecule has 8 heavy (non-hydrogen) atoms. The minimum absolute atomic E-state index is 0. The van der Waals surface area contributed by atoms with E-state index in [9.17, 15) is 0 Å². The van der Waals surface area contributed by atoms with Crippen LogP contribution in [0.3, 0.4) is 0 Å². The molecule has 0 saturated carbocycles. The van der Waals surface area contributed by atoms with Crippen molar-refractivity contribution < 1.29 is 74.6 Å². The molecule has 0 fully saturated rings. The molecule has 0 amide bonds. The second kappa shape index (κ2) is 183. The van der Waals surface area contributed by atoms with Gasteiger partial charge >= 0.3 is 59.1 Å². The largest absolute Gasteiger partial charge is 3.00 e. The summed E-state index contributed by atoms with van der Waals surface area (Å²) >= 11 is 0. The molecule has 1 radical (unpaired) electrons. The molecule has 0 aromatic carbocycles. The maximum atomic E-state index is 0. The summed E-state index contributed by atoms with van der Waals surface area (Å²) in [4.78, 5) is 0.